The number of hydrogen-bond acceptors (Lipinski definition) is 4. The second-order valence-electron chi connectivity index (χ2n) is 3.94. The fraction of sp³-hybridized carbons (Fsp3) is 0.800. The van der Waals surface area contributed by atoms with Gasteiger partial charge in [-0.05, 0) is 13.3 Å². The van der Waals surface area contributed by atoms with Crippen molar-refractivity contribution in [3.05, 3.63) is 11.6 Å². The molecule has 2 heterocycles. The van der Waals surface area contributed by atoms with Crippen LogP contribution in [0.15, 0.2) is 0 Å². The Hall–Kier alpha value is -0.940. The van der Waals surface area contributed by atoms with E-state index in [1.54, 1.807) is 0 Å². The third-order valence-corrected chi connectivity index (χ3v) is 2.69. The van der Waals surface area contributed by atoms with Gasteiger partial charge in [0, 0.05) is 19.1 Å². The number of hydrogen-bond donors (Lipinski definition) is 2. The van der Waals surface area contributed by atoms with Crippen LogP contribution in [0.1, 0.15) is 38.0 Å². The Morgan fingerprint density at radius 2 is 2.53 bits per heavy atom. The maximum absolute atomic E-state index is 5.31. The molecule has 1 aliphatic heterocycles. The molecular weight excluding hydrogens is 192 g/mol. The first-order valence-corrected chi connectivity index (χ1v) is 5.54. The Kier molecular flexibility index (Phi) is 3.33. The van der Waals surface area contributed by atoms with Crippen molar-refractivity contribution in [2.45, 2.75) is 38.8 Å². The van der Waals surface area contributed by atoms with Crippen LogP contribution >= 0.6 is 0 Å². The molecule has 5 heteroatoms. The first kappa shape index (κ1) is 10.6. The number of aromatic nitrogens is 3. The minimum atomic E-state index is 0.188. The maximum atomic E-state index is 5.31. The zero-order valence-electron chi connectivity index (χ0n) is 9.29. The van der Waals surface area contributed by atoms with Crippen molar-refractivity contribution in [1.29, 1.82) is 0 Å². The molecule has 2 unspecified atom stereocenters. The molecule has 15 heavy (non-hydrogen) atoms. The Morgan fingerprint density at radius 1 is 1.67 bits per heavy atom. The molecule has 0 radical (unpaired) electrons. The fourth-order valence-corrected chi connectivity index (χ4v) is 1.76. The van der Waals surface area contributed by atoms with E-state index < -0.39 is 0 Å². The van der Waals surface area contributed by atoms with Gasteiger partial charge in [-0.15, -0.1) is 0 Å². The van der Waals surface area contributed by atoms with E-state index in [0.717, 1.165) is 37.7 Å². The number of nitrogens with zero attached hydrogens (tertiary/aromatic N) is 2. The zero-order chi connectivity index (χ0) is 10.7. The molecule has 2 N–H and O–H groups in total. The highest BCUT2D eigenvalue weighted by Gasteiger charge is 2.20. The predicted octanol–water partition coefficient (Wildman–Crippen LogP) is 0.807. The van der Waals surface area contributed by atoms with Gasteiger partial charge in [-0.1, -0.05) is 6.92 Å². The lowest BCUT2D eigenvalue weighted by Crippen LogP contribution is -2.32. The summed E-state index contributed by atoms with van der Waals surface area (Å²) in [6.45, 7) is 5.81. The third kappa shape index (κ3) is 2.54. The molecule has 0 aromatic carbocycles. The third-order valence-electron chi connectivity index (χ3n) is 2.69. The number of aromatic amines is 1. The standard InChI is InChI=1S/C10H18N4O/c1-3-9-12-10(14-13-9)7(2)11-8-4-5-15-6-8/h7-8,11H,3-6H2,1-2H3,(H,12,13,14). The van der Waals surface area contributed by atoms with Crippen molar-refractivity contribution in [3.8, 4) is 0 Å². The molecule has 0 bridgehead atoms. The van der Waals surface area contributed by atoms with E-state index in [1.807, 2.05) is 0 Å². The van der Waals surface area contributed by atoms with Crippen LogP contribution in [-0.4, -0.2) is 34.4 Å². The lowest BCUT2D eigenvalue weighted by Gasteiger charge is -2.15. The lowest BCUT2D eigenvalue weighted by molar-refractivity contribution is 0.188. The molecule has 84 valence electrons. The summed E-state index contributed by atoms with van der Waals surface area (Å²) >= 11 is 0. The number of H-pyrrole nitrogens is 1. The highest BCUT2D eigenvalue weighted by molar-refractivity contribution is 4.96. The molecule has 0 spiro atoms. The van der Waals surface area contributed by atoms with E-state index >= 15 is 0 Å². The van der Waals surface area contributed by atoms with Crippen molar-refractivity contribution in [1.82, 2.24) is 20.5 Å². The molecule has 1 aromatic rings. The van der Waals surface area contributed by atoms with Crippen LogP contribution in [-0.2, 0) is 11.2 Å². The summed E-state index contributed by atoms with van der Waals surface area (Å²) in [5.74, 6) is 1.79. The Labute approximate surface area is 89.6 Å². The molecule has 1 fully saturated rings. The second kappa shape index (κ2) is 4.72. The molecule has 1 aliphatic rings. The molecule has 0 amide bonds. The normalized spacial score (nSPS) is 23.2. The minimum Gasteiger partial charge on any atom is -0.380 e. The van der Waals surface area contributed by atoms with Gasteiger partial charge < -0.3 is 10.1 Å². The van der Waals surface area contributed by atoms with Gasteiger partial charge in [-0.25, -0.2) is 4.98 Å². The quantitative estimate of drug-likeness (QED) is 0.772. The summed E-state index contributed by atoms with van der Waals surface area (Å²) < 4.78 is 5.31. The summed E-state index contributed by atoms with van der Waals surface area (Å²) in [6, 6.07) is 0.636. The van der Waals surface area contributed by atoms with E-state index in [2.05, 4.69) is 34.3 Å². The number of aryl methyl sites for hydroxylation is 1. The summed E-state index contributed by atoms with van der Waals surface area (Å²) in [4.78, 5) is 4.40. The van der Waals surface area contributed by atoms with Crippen molar-refractivity contribution < 1.29 is 4.74 Å². The zero-order valence-corrected chi connectivity index (χ0v) is 9.29. The molecule has 5 nitrogen and oxygen atoms in total. The first-order valence-electron chi connectivity index (χ1n) is 5.54. The summed E-state index contributed by atoms with van der Waals surface area (Å²) in [5, 5.41) is 10.6. The molecule has 1 saturated heterocycles. The van der Waals surface area contributed by atoms with E-state index in [-0.39, 0.29) is 6.04 Å². The average molecular weight is 210 g/mol. The molecule has 2 atom stereocenters. The van der Waals surface area contributed by atoms with Crippen molar-refractivity contribution in [2.24, 2.45) is 0 Å². The molecule has 0 saturated carbocycles. The van der Waals surface area contributed by atoms with Gasteiger partial charge in [-0.3, -0.25) is 5.10 Å². The molecule has 1 aromatic heterocycles. The first-order chi connectivity index (χ1) is 7.29. The van der Waals surface area contributed by atoms with Gasteiger partial charge in [0.05, 0.1) is 12.6 Å². The van der Waals surface area contributed by atoms with Gasteiger partial charge in [0.25, 0.3) is 0 Å². The van der Waals surface area contributed by atoms with Crippen LogP contribution < -0.4 is 5.32 Å². The Bertz CT molecular complexity index is 306. The van der Waals surface area contributed by atoms with E-state index in [4.69, 9.17) is 4.74 Å². The van der Waals surface area contributed by atoms with Crippen LogP contribution in [0.5, 0.6) is 0 Å². The monoisotopic (exact) mass is 210 g/mol. The number of ether oxygens (including phenoxy) is 1. The average Bonchev–Trinajstić information content (AvgIpc) is 2.86. The van der Waals surface area contributed by atoms with Gasteiger partial charge in [0.2, 0.25) is 0 Å². The van der Waals surface area contributed by atoms with Crippen molar-refractivity contribution >= 4 is 0 Å². The molecule has 0 aliphatic carbocycles. The number of nitrogens with one attached hydrogen (secondary N) is 2. The van der Waals surface area contributed by atoms with E-state index in [0.29, 0.717) is 6.04 Å². The van der Waals surface area contributed by atoms with E-state index in [1.165, 1.54) is 0 Å². The Morgan fingerprint density at radius 3 is 3.13 bits per heavy atom. The second-order valence-corrected chi connectivity index (χ2v) is 3.94. The van der Waals surface area contributed by atoms with Crippen LogP contribution in [0.4, 0.5) is 0 Å². The van der Waals surface area contributed by atoms with Crippen molar-refractivity contribution in [2.75, 3.05) is 13.2 Å². The summed E-state index contributed by atoms with van der Waals surface area (Å²) in [7, 11) is 0. The highest BCUT2D eigenvalue weighted by atomic mass is 16.5. The fourth-order valence-electron chi connectivity index (χ4n) is 1.76. The summed E-state index contributed by atoms with van der Waals surface area (Å²) in [6.07, 6.45) is 1.97. The van der Waals surface area contributed by atoms with Gasteiger partial charge in [0.1, 0.15) is 5.82 Å². The highest BCUT2D eigenvalue weighted by Crippen LogP contribution is 2.12. The molecule has 2 rings (SSSR count). The lowest BCUT2D eigenvalue weighted by atomic mass is 10.2. The smallest absolute Gasteiger partial charge is 0.167 e. The van der Waals surface area contributed by atoms with E-state index in [9.17, 15) is 0 Å². The Balaban J connectivity index is 1.91. The summed E-state index contributed by atoms with van der Waals surface area (Å²) in [5.41, 5.74) is 0. The number of rotatable bonds is 4. The van der Waals surface area contributed by atoms with Crippen LogP contribution in [0, 0.1) is 0 Å². The van der Waals surface area contributed by atoms with Crippen LogP contribution in [0.3, 0.4) is 0 Å². The maximum Gasteiger partial charge on any atom is 0.167 e. The topological polar surface area (TPSA) is 62.8 Å². The van der Waals surface area contributed by atoms with Crippen LogP contribution in [0.2, 0.25) is 0 Å². The van der Waals surface area contributed by atoms with Gasteiger partial charge >= 0.3 is 0 Å². The molecular formula is C10H18N4O. The van der Waals surface area contributed by atoms with Crippen molar-refractivity contribution in [3.63, 3.8) is 0 Å². The largest absolute Gasteiger partial charge is 0.380 e. The minimum absolute atomic E-state index is 0.188. The van der Waals surface area contributed by atoms with Gasteiger partial charge in [-0.2, -0.15) is 5.10 Å². The predicted molar refractivity (Wildman–Crippen MR) is 56.5 cm³/mol. The SMILES string of the molecule is CCc1nc(C(C)NC2CCOC2)n[nH]1. The van der Waals surface area contributed by atoms with Gasteiger partial charge in [0.15, 0.2) is 5.82 Å². The van der Waals surface area contributed by atoms with Crippen LogP contribution in [0.25, 0.3) is 0 Å².